The Morgan fingerprint density at radius 2 is 2.36 bits per heavy atom. The standard InChI is InChI=1S/C11H23NO2/c1-2-13-9-10(12)6-7-11-5-3-4-8-14-11/h10-11H,2-9,12H2,1H3. The molecule has 0 amide bonds. The van der Waals surface area contributed by atoms with Gasteiger partial charge in [0.25, 0.3) is 0 Å². The smallest absolute Gasteiger partial charge is 0.0617 e. The molecule has 1 heterocycles. The maximum Gasteiger partial charge on any atom is 0.0617 e. The summed E-state index contributed by atoms with van der Waals surface area (Å²) in [6.07, 6.45) is 6.31. The molecule has 0 aromatic carbocycles. The van der Waals surface area contributed by atoms with Crippen LogP contribution in [0.25, 0.3) is 0 Å². The Hall–Kier alpha value is -0.120. The summed E-state index contributed by atoms with van der Waals surface area (Å²) in [6, 6.07) is 0.181. The summed E-state index contributed by atoms with van der Waals surface area (Å²) in [6.45, 7) is 4.37. The molecule has 1 rings (SSSR count). The van der Waals surface area contributed by atoms with Crippen LogP contribution in [0.5, 0.6) is 0 Å². The van der Waals surface area contributed by atoms with Gasteiger partial charge in [0.2, 0.25) is 0 Å². The first-order valence-corrected chi connectivity index (χ1v) is 5.78. The molecule has 0 radical (unpaired) electrons. The van der Waals surface area contributed by atoms with Gasteiger partial charge < -0.3 is 15.2 Å². The van der Waals surface area contributed by atoms with Crippen molar-refractivity contribution in [3.8, 4) is 0 Å². The lowest BCUT2D eigenvalue weighted by atomic mass is 10.0. The van der Waals surface area contributed by atoms with Crippen LogP contribution in [0, 0.1) is 0 Å². The van der Waals surface area contributed by atoms with Crippen molar-refractivity contribution in [3.63, 3.8) is 0 Å². The van der Waals surface area contributed by atoms with Crippen molar-refractivity contribution < 1.29 is 9.47 Å². The quantitative estimate of drug-likeness (QED) is 0.711. The lowest BCUT2D eigenvalue weighted by molar-refractivity contribution is 0.00733. The SMILES string of the molecule is CCOCC(N)CCC1CCCCO1. The number of hydrogen-bond acceptors (Lipinski definition) is 3. The van der Waals surface area contributed by atoms with E-state index in [-0.39, 0.29) is 6.04 Å². The highest BCUT2D eigenvalue weighted by Gasteiger charge is 2.14. The third-order valence-corrected chi connectivity index (χ3v) is 2.67. The van der Waals surface area contributed by atoms with Gasteiger partial charge in [0.05, 0.1) is 12.7 Å². The third-order valence-electron chi connectivity index (χ3n) is 2.67. The zero-order valence-corrected chi connectivity index (χ0v) is 9.21. The van der Waals surface area contributed by atoms with Crippen molar-refractivity contribution in [2.75, 3.05) is 19.8 Å². The van der Waals surface area contributed by atoms with Crippen molar-refractivity contribution in [3.05, 3.63) is 0 Å². The first kappa shape index (κ1) is 12.0. The molecule has 0 saturated carbocycles. The number of hydrogen-bond donors (Lipinski definition) is 1. The summed E-state index contributed by atoms with van der Waals surface area (Å²) < 4.78 is 10.9. The van der Waals surface area contributed by atoms with Crippen molar-refractivity contribution in [1.29, 1.82) is 0 Å². The zero-order valence-electron chi connectivity index (χ0n) is 9.21. The van der Waals surface area contributed by atoms with E-state index >= 15 is 0 Å². The van der Waals surface area contributed by atoms with E-state index in [1.807, 2.05) is 6.92 Å². The molecule has 0 bridgehead atoms. The Morgan fingerprint density at radius 3 is 3.00 bits per heavy atom. The molecule has 0 aromatic heterocycles. The van der Waals surface area contributed by atoms with Gasteiger partial charge in [-0.25, -0.2) is 0 Å². The average molecular weight is 201 g/mol. The van der Waals surface area contributed by atoms with Crippen molar-refractivity contribution in [2.24, 2.45) is 5.73 Å². The van der Waals surface area contributed by atoms with Gasteiger partial charge in [-0.3, -0.25) is 0 Å². The van der Waals surface area contributed by atoms with E-state index in [1.54, 1.807) is 0 Å². The summed E-state index contributed by atoms with van der Waals surface area (Å²) >= 11 is 0. The lowest BCUT2D eigenvalue weighted by Gasteiger charge is -2.23. The summed E-state index contributed by atoms with van der Waals surface area (Å²) in [5, 5.41) is 0. The minimum absolute atomic E-state index is 0.181. The molecule has 0 aromatic rings. The van der Waals surface area contributed by atoms with E-state index in [2.05, 4.69) is 0 Å². The molecule has 1 fully saturated rings. The second-order valence-corrected chi connectivity index (χ2v) is 3.99. The summed E-state index contributed by atoms with van der Waals surface area (Å²) in [7, 11) is 0. The second-order valence-electron chi connectivity index (χ2n) is 3.99. The first-order valence-electron chi connectivity index (χ1n) is 5.78. The number of rotatable bonds is 6. The van der Waals surface area contributed by atoms with Crippen LogP contribution in [0.3, 0.4) is 0 Å². The topological polar surface area (TPSA) is 44.5 Å². The molecule has 3 nitrogen and oxygen atoms in total. The number of ether oxygens (including phenoxy) is 2. The Labute approximate surface area is 86.9 Å². The second kappa shape index (κ2) is 7.21. The highest BCUT2D eigenvalue weighted by molar-refractivity contribution is 4.68. The highest BCUT2D eigenvalue weighted by Crippen LogP contribution is 2.17. The van der Waals surface area contributed by atoms with E-state index in [0.717, 1.165) is 26.1 Å². The van der Waals surface area contributed by atoms with Gasteiger partial charge in [-0.1, -0.05) is 0 Å². The normalized spacial score (nSPS) is 24.9. The van der Waals surface area contributed by atoms with Crippen LogP contribution in [0.15, 0.2) is 0 Å². The van der Waals surface area contributed by atoms with Gasteiger partial charge in [0, 0.05) is 19.3 Å². The Kier molecular flexibility index (Phi) is 6.15. The fourth-order valence-corrected chi connectivity index (χ4v) is 1.79. The van der Waals surface area contributed by atoms with Gasteiger partial charge in [-0.2, -0.15) is 0 Å². The third kappa shape index (κ3) is 4.94. The minimum atomic E-state index is 0.181. The van der Waals surface area contributed by atoms with Gasteiger partial charge in [0.1, 0.15) is 0 Å². The largest absolute Gasteiger partial charge is 0.380 e. The van der Waals surface area contributed by atoms with Crippen molar-refractivity contribution in [2.45, 2.75) is 51.2 Å². The molecular weight excluding hydrogens is 178 g/mol. The molecule has 84 valence electrons. The Morgan fingerprint density at radius 1 is 1.50 bits per heavy atom. The van der Waals surface area contributed by atoms with E-state index in [9.17, 15) is 0 Å². The van der Waals surface area contributed by atoms with Crippen LogP contribution < -0.4 is 5.73 Å². The molecule has 0 spiro atoms. The van der Waals surface area contributed by atoms with Gasteiger partial charge in [0.15, 0.2) is 0 Å². The van der Waals surface area contributed by atoms with Gasteiger partial charge in [-0.05, 0) is 39.0 Å². The summed E-state index contributed by atoms with van der Waals surface area (Å²) in [5.74, 6) is 0. The molecule has 2 atom stereocenters. The molecule has 1 saturated heterocycles. The van der Waals surface area contributed by atoms with E-state index in [1.165, 1.54) is 19.3 Å². The molecule has 1 aliphatic heterocycles. The molecule has 1 aliphatic rings. The maximum atomic E-state index is 5.90. The minimum Gasteiger partial charge on any atom is -0.380 e. The molecule has 14 heavy (non-hydrogen) atoms. The molecular formula is C11H23NO2. The molecule has 3 heteroatoms. The van der Waals surface area contributed by atoms with E-state index < -0.39 is 0 Å². The van der Waals surface area contributed by atoms with Crippen molar-refractivity contribution in [1.82, 2.24) is 0 Å². The monoisotopic (exact) mass is 201 g/mol. The maximum absolute atomic E-state index is 5.90. The molecule has 0 aliphatic carbocycles. The predicted octanol–water partition coefficient (Wildman–Crippen LogP) is 1.70. The van der Waals surface area contributed by atoms with Crippen LogP contribution >= 0.6 is 0 Å². The van der Waals surface area contributed by atoms with Crippen LogP contribution in [-0.2, 0) is 9.47 Å². The predicted molar refractivity (Wildman–Crippen MR) is 57.3 cm³/mol. The zero-order chi connectivity index (χ0) is 10.2. The molecule has 2 N–H and O–H groups in total. The van der Waals surface area contributed by atoms with Crippen LogP contribution in [-0.4, -0.2) is 32.0 Å². The average Bonchev–Trinajstić information content (AvgIpc) is 2.25. The van der Waals surface area contributed by atoms with E-state index in [0.29, 0.717) is 12.7 Å². The fraction of sp³-hybridized carbons (Fsp3) is 1.00. The van der Waals surface area contributed by atoms with Gasteiger partial charge in [-0.15, -0.1) is 0 Å². The summed E-state index contributed by atoms with van der Waals surface area (Å²) in [5.41, 5.74) is 5.90. The van der Waals surface area contributed by atoms with Gasteiger partial charge >= 0.3 is 0 Å². The summed E-state index contributed by atoms with van der Waals surface area (Å²) in [4.78, 5) is 0. The Balaban J connectivity index is 2.00. The van der Waals surface area contributed by atoms with Crippen LogP contribution in [0.2, 0.25) is 0 Å². The first-order chi connectivity index (χ1) is 6.83. The fourth-order valence-electron chi connectivity index (χ4n) is 1.79. The Bertz CT molecular complexity index is 135. The molecule has 2 unspecified atom stereocenters. The van der Waals surface area contributed by atoms with Crippen LogP contribution in [0.4, 0.5) is 0 Å². The van der Waals surface area contributed by atoms with Crippen molar-refractivity contribution >= 4 is 0 Å². The lowest BCUT2D eigenvalue weighted by Crippen LogP contribution is -2.29. The highest BCUT2D eigenvalue weighted by atomic mass is 16.5. The van der Waals surface area contributed by atoms with Crippen LogP contribution in [0.1, 0.15) is 39.0 Å². The number of nitrogens with two attached hydrogens (primary N) is 1. The van der Waals surface area contributed by atoms with E-state index in [4.69, 9.17) is 15.2 Å².